The lowest BCUT2D eigenvalue weighted by Crippen LogP contribution is -2.44. The van der Waals surface area contributed by atoms with Gasteiger partial charge in [0.05, 0.1) is 6.54 Å². The number of hydrogen-bond acceptors (Lipinski definition) is 3. The summed E-state index contributed by atoms with van der Waals surface area (Å²) in [6.07, 6.45) is 3.82. The molecule has 0 aromatic rings. The van der Waals surface area contributed by atoms with E-state index in [2.05, 4.69) is 29.5 Å². The van der Waals surface area contributed by atoms with Crippen LogP contribution < -0.4 is 10.6 Å². The Morgan fingerprint density at radius 3 is 2.83 bits per heavy atom. The van der Waals surface area contributed by atoms with Gasteiger partial charge in [0.1, 0.15) is 0 Å². The number of hydrogen-bond donors (Lipinski definition) is 2. The molecule has 0 aromatic heterocycles. The molecule has 1 aliphatic heterocycles. The topological polar surface area (TPSA) is 36.4 Å². The first-order chi connectivity index (χ1) is 5.74. The Kier molecular flexibility index (Phi) is 1.74. The summed E-state index contributed by atoms with van der Waals surface area (Å²) in [5.74, 6) is 1.02. The third-order valence-electron chi connectivity index (χ3n) is 2.82. The highest BCUT2D eigenvalue weighted by Gasteiger charge is 2.41. The average molecular weight is 167 g/mol. The van der Waals surface area contributed by atoms with Crippen LogP contribution in [-0.4, -0.2) is 24.1 Å². The molecular formula is C9H17N3. The van der Waals surface area contributed by atoms with Crippen molar-refractivity contribution in [3.63, 3.8) is 0 Å². The van der Waals surface area contributed by atoms with Crippen molar-refractivity contribution in [2.45, 2.75) is 44.7 Å². The fourth-order valence-corrected chi connectivity index (χ4v) is 1.60. The van der Waals surface area contributed by atoms with Crippen molar-refractivity contribution < 1.29 is 0 Å². The summed E-state index contributed by atoms with van der Waals surface area (Å²) in [7, 11) is 0. The van der Waals surface area contributed by atoms with Gasteiger partial charge in [0.2, 0.25) is 0 Å². The van der Waals surface area contributed by atoms with Gasteiger partial charge >= 0.3 is 0 Å². The van der Waals surface area contributed by atoms with E-state index in [4.69, 9.17) is 0 Å². The van der Waals surface area contributed by atoms with Gasteiger partial charge in [-0.05, 0) is 26.2 Å². The van der Waals surface area contributed by atoms with E-state index >= 15 is 0 Å². The van der Waals surface area contributed by atoms with Crippen LogP contribution in [0.2, 0.25) is 0 Å². The van der Waals surface area contributed by atoms with E-state index in [0.717, 1.165) is 12.5 Å². The van der Waals surface area contributed by atoms with Gasteiger partial charge in [-0.15, -0.1) is 0 Å². The Hall–Kier alpha value is -0.730. The maximum atomic E-state index is 4.38. The van der Waals surface area contributed by atoms with Gasteiger partial charge in [-0.3, -0.25) is 4.99 Å². The molecule has 3 heteroatoms. The monoisotopic (exact) mass is 167 g/mol. The van der Waals surface area contributed by atoms with Crippen LogP contribution in [0.5, 0.6) is 0 Å². The van der Waals surface area contributed by atoms with E-state index in [1.807, 2.05) is 0 Å². The fourth-order valence-electron chi connectivity index (χ4n) is 1.60. The molecule has 0 aromatic carbocycles. The standard InChI is InChI=1S/C9H17N3/c1-3-9(4-5-9)12-8-10-6-7(2)11-8/h7H,3-6H2,1-2H3,(H2,10,11,12). The second-order valence-electron chi connectivity index (χ2n) is 3.99. The van der Waals surface area contributed by atoms with E-state index < -0.39 is 0 Å². The molecule has 0 spiro atoms. The molecule has 1 aliphatic carbocycles. The average Bonchev–Trinajstić information content (AvgIpc) is 2.71. The SMILES string of the molecule is CCC1(NC2=NCC(C)N2)CC1. The zero-order valence-electron chi connectivity index (χ0n) is 7.85. The minimum Gasteiger partial charge on any atom is -0.352 e. The quantitative estimate of drug-likeness (QED) is 0.640. The van der Waals surface area contributed by atoms with Crippen molar-refractivity contribution in [1.82, 2.24) is 10.6 Å². The first kappa shape index (κ1) is 7.90. The molecular weight excluding hydrogens is 150 g/mol. The lowest BCUT2D eigenvalue weighted by molar-refractivity contribution is 0.568. The zero-order valence-corrected chi connectivity index (χ0v) is 7.85. The fraction of sp³-hybridized carbons (Fsp3) is 0.889. The summed E-state index contributed by atoms with van der Waals surface area (Å²) in [5, 5.41) is 6.81. The van der Waals surface area contributed by atoms with Gasteiger partial charge in [0, 0.05) is 11.6 Å². The summed E-state index contributed by atoms with van der Waals surface area (Å²) in [6.45, 7) is 5.31. The molecule has 1 heterocycles. The largest absolute Gasteiger partial charge is 0.352 e. The van der Waals surface area contributed by atoms with Gasteiger partial charge in [-0.1, -0.05) is 6.92 Å². The van der Waals surface area contributed by atoms with Gasteiger partial charge in [-0.25, -0.2) is 0 Å². The molecule has 1 saturated carbocycles. The van der Waals surface area contributed by atoms with Crippen molar-refractivity contribution in [3.05, 3.63) is 0 Å². The molecule has 2 aliphatic rings. The lowest BCUT2D eigenvalue weighted by Gasteiger charge is -2.17. The Labute approximate surface area is 73.6 Å². The molecule has 1 atom stereocenters. The maximum Gasteiger partial charge on any atom is 0.192 e. The Morgan fingerprint density at radius 1 is 1.67 bits per heavy atom. The molecule has 0 radical (unpaired) electrons. The maximum absolute atomic E-state index is 4.38. The zero-order chi connectivity index (χ0) is 8.60. The molecule has 2 rings (SSSR count). The minimum atomic E-state index is 0.399. The molecule has 68 valence electrons. The van der Waals surface area contributed by atoms with Crippen LogP contribution in [0.4, 0.5) is 0 Å². The van der Waals surface area contributed by atoms with E-state index in [1.165, 1.54) is 19.3 Å². The molecule has 1 fully saturated rings. The van der Waals surface area contributed by atoms with E-state index in [1.54, 1.807) is 0 Å². The van der Waals surface area contributed by atoms with Crippen LogP contribution in [0.25, 0.3) is 0 Å². The molecule has 12 heavy (non-hydrogen) atoms. The smallest absolute Gasteiger partial charge is 0.192 e. The van der Waals surface area contributed by atoms with Crippen LogP contribution in [0, 0.1) is 0 Å². The minimum absolute atomic E-state index is 0.399. The Bertz CT molecular complexity index is 206. The van der Waals surface area contributed by atoms with Gasteiger partial charge in [0.25, 0.3) is 0 Å². The molecule has 3 nitrogen and oxygen atoms in total. The number of rotatable bonds is 2. The van der Waals surface area contributed by atoms with Crippen molar-refractivity contribution >= 4 is 5.96 Å². The first-order valence-corrected chi connectivity index (χ1v) is 4.83. The van der Waals surface area contributed by atoms with Gasteiger partial charge < -0.3 is 10.6 Å². The number of aliphatic imine (C=N–C) groups is 1. The highest BCUT2D eigenvalue weighted by atomic mass is 15.3. The number of nitrogens with one attached hydrogen (secondary N) is 2. The Balaban J connectivity index is 1.87. The number of nitrogens with zero attached hydrogens (tertiary/aromatic N) is 1. The van der Waals surface area contributed by atoms with Crippen LogP contribution in [0.3, 0.4) is 0 Å². The number of guanidine groups is 1. The molecule has 0 saturated heterocycles. The Morgan fingerprint density at radius 2 is 2.42 bits per heavy atom. The third-order valence-corrected chi connectivity index (χ3v) is 2.82. The van der Waals surface area contributed by atoms with E-state index in [-0.39, 0.29) is 0 Å². The van der Waals surface area contributed by atoms with Crippen molar-refractivity contribution in [1.29, 1.82) is 0 Å². The second-order valence-corrected chi connectivity index (χ2v) is 3.99. The predicted octanol–water partition coefficient (Wildman–Crippen LogP) is 0.866. The molecule has 2 N–H and O–H groups in total. The highest BCUT2D eigenvalue weighted by molar-refractivity contribution is 5.82. The van der Waals surface area contributed by atoms with Crippen LogP contribution in [-0.2, 0) is 0 Å². The van der Waals surface area contributed by atoms with E-state index in [9.17, 15) is 0 Å². The molecule has 1 unspecified atom stereocenters. The van der Waals surface area contributed by atoms with Gasteiger partial charge in [0.15, 0.2) is 5.96 Å². The molecule has 0 bridgehead atoms. The van der Waals surface area contributed by atoms with Crippen LogP contribution in [0.1, 0.15) is 33.1 Å². The van der Waals surface area contributed by atoms with Crippen molar-refractivity contribution in [3.8, 4) is 0 Å². The predicted molar refractivity (Wildman–Crippen MR) is 50.3 cm³/mol. The first-order valence-electron chi connectivity index (χ1n) is 4.83. The summed E-state index contributed by atoms with van der Waals surface area (Å²) in [5.41, 5.74) is 0.399. The summed E-state index contributed by atoms with van der Waals surface area (Å²) in [4.78, 5) is 4.38. The summed E-state index contributed by atoms with van der Waals surface area (Å²) in [6, 6.07) is 0.514. The summed E-state index contributed by atoms with van der Waals surface area (Å²) < 4.78 is 0. The lowest BCUT2D eigenvalue weighted by atomic mass is 10.2. The highest BCUT2D eigenvalue weighted by Crippen LogP contribution is 2.38. The third kappa shape index (κ3) is 1.40. The van der Waals surface area contributed by atoms with E-state index in [0.29, 0.717) is 11.6 Å². The normalized spacial score (nSPS) is 30.8. The summed E-state index contributed by atoms with van der Waals surface area (Å²) >= 11 is 0. The van der Waals surface area contributed by atoms with Crippen LogP contribution in [0.15, 0.2) is 4.99 Å². The molecule has 0 amide bonds. The van der Waals surface area contributed by atoms with Crippen molar-refractivity contribution in [2.75, 3.05) is 6.54 Å². The van der Waals surface area contributed by atoms with Crippen molar-refractivity contribution in [2.24, 2.45) is 4.99 Å². The van der Waals surface area contributed by atoms with Gasteiger partial charge in [-0.2, -0.15) is 0 Å². The second kappa shape index (κ2) is 2.64. The van der Waals surface area contributed by atoms with Crippen LogP contribution >= 0.6 is 0 Å².